The van der Waals surface area contributed by atoms with E-state index in [1.807, 2.05) is 19.1 Å². The molecule has 1 amide bonds. The van der Waals surface area contributed by atoms with Gasteiger partial charge in [0.25, 0.3) is 15.9 Å². The Labute approximate surface area is 172 Å². The van der Waals surface area contributed by atoms with Crippen molar-refractivity contribution in [1.29, 1.82) is 0 Å². The second-order valence-electron chi connectivity index (χ2n) is 6.91. The second kappa shape index (κ2) is 9.41. The third-order valence-electron chi connectivity index (χ3n) is 4.79. The number of nitrogens with one attached hydrogen (secondary N) is 3. The number of carbonyl (C=O) groups excluding carboxylic acids is 1. The van der Waals surface area contributed by atoms with Crippen LogP contribution in [0.5, 0.6) is 0 Å². The van der Waals surface area contributed by atoms with E-state index in [-0.39, 0.29) is 29.3 Å². The Morgan fingerprint density at radius 3 is 2.54 bits per heavy atom. The van der Waals surface area contributed by atoms with Gasteiger partial charge in [-0.15, -0.1) is 12.4 Å². The SMILES string of the molecule is Cc1ccccc1NS(=O)(=O)c1ccc(C)c(C(=O)N[C@H]2CCCNC2)c1.Cl. The van der Waals surface area contributed by atoms with Gasteiger partial charge in [-0.1, -0.05) is 24.3 Å². The Balaban J connectivity index is 0.00000280. The zero-order valence-corrected chi connectivity index (χ0v) is 17.6. The van der Waals surface area contributed by atoms with Crippen LogP contribution in [0.3, 0.4) is 0 Å². The highest BCUT2D eigenvalue weighted by molar-refractivity contribution is 7.92. The van der Waals surface area contributed by atoms with E-state index in [1.165, 1.54) is 12.1 Å². The largest absolute Gasteiger partial charge is 0.348 e. The number of hydrogen-bond acceptors (Lipinski definition) is 4. The number of halogens is 1. The molecule has 1 atom stereocenters. The molecule has 3 rings (SSSR count). The van der Waals surface area contributed by atoms with Crippen LogP contribution in [0.4, 0.5) is 5.69 Å². The molecule has 0 aliphatic carbocycles. The molecule has 1 aliphatic heterocycles. The molecular formula is C20H26ClN3O3S. The molecule has 0 unspecified atom stereocenters. The predicted octanol–water partition coefficient (Wildman–Crippen LogP) is 3.01. The lowest BCUT2D eigenvalue weighted by molar-refractivity contribution is 0.0930. The molecule has 0 spiro atoms. The lowest BCUT2D eigenvalue weighted by atomic mass is 10.1. The van der Waals surface area contributed by atoms with E-state index >= 15 is 0 Å². The number of para-hydroxylation sites is 1. The Bertz CT molecular complexity index is 941. The maximum absolute atomic E-state index is 12.8. The first-order valence-electron chi connectivity index (χ1n) is 9.07. The smallest absolute Gasteiger partial charge is 0.261 e. The van der Waals surface area contributed by atoms with Crippen molar-refractivity contribution in [1.82, 2.24) is 10.6 Å². The number of sulfonamides is 1. The highest BCUT2D eigenvalue weighted by atomic mass is 35.5. The van der Waals surface area contributed by atoms with Crippen LogP contribution >= 0.6 is 12.4 Å². The summed E-state index contributed by atoms with van der Waals surface area (Å²) < 4.78 is 28.2. The van der Waals surface area contributed by atoms with E-state index in [2.05, 4.69) is 15.4 Å². The van der Waals surface area contributed by atoms with Gasteiger partial charge in [-0.2, -0.15) is 0 Å². The summed E-state index contributed by atoms with van der Waals surface area (Å²) >= 11 is 0. The quantitative estimate of drug-likeness (QED) is 0.689. The first-order chi connectivity index (χ1) is 12.9. The molecule has 6 nitrogen and oxygen atoms in total. The summed E-state index contributed by atoms with van der Waals surface area (Å²) in [6.45, 7) is 5.34. The standard InChI is InChI=1S/C20H25N3O3S.ClH/c1-14-9-10-17(27(25,26)23-19-8-4-3-6-15(19)2)12-18(14)20(24)22-16-7-5-11-21-13-16;/h3-4,6,8-10,12,16,21,23H,5,7,11,13H2,1-2H3,(H,22,24);1H/t16-;/m0./s1. The summed E-state index contributed by atoms with van der Waals surface area (Å²) in [6, 6.07) is 11.9. The summed E-state index contributed by atoms with van der Waals surface area (Å²) in [7, 11) is -3.78. The van der Waals surface area contributed by atoms with Gasteiger partial charge >= 0.3 is 0 Å². The van der Waals surface area contributed by atoms with E-state index in [0.29, 0.717) is 11.3 Å². The van der Waals surface area contributed by atoms with Crippen molar-refractivity contribution in [2.75, 3.05) is 17.8 Å². The van der Waals surface area contributed by atoms with E-state index in [9.17, 15) is 13.2 Å². The molecule has 2 aromatic rings. The van der Waals surface area contributed by atoms with Gasteiger partial charge in [0.05, 0.1) is 10.6 Å². The number of benzene rings is 2. The molecule has 0 radical (unpaired) electrons. The first kappa shape index (κ1) is 22.2. The summed E-state index contributed by atoms with van der Waals surface area (Å²) in [5.74, 6) is -0.242. The fraction of sp³-hybridized carbons (Fsp3) is 0.350. The zero-order chi connectivity index (χ0) is 19.4. The minimum absolute atomic E-state index is 0. The van der Waals surface area contributed by atoms with Crippen molar-refractivity contribution >= 4 is 34.0 Å². The summed E-state index contributed by atoms with van der Waals surface area (Å²) in [5.41, 5.74) is 2.48. The third kappa shape index (κ3) is 5.25. The Morgan fingerprint density at radius 1 is 1.11 bits per heavy atom. The molecule has 0 aromatic heterocycles. The van der Waals surface area contributed by atoms with Crippen molar-refractivity contribution in [3.8, 4) is 0 Å². The van der Waals surface area contributed by atoms with Crippen molar-refractivity contribution in [2.24, 2.45) is 0 Å². The Kier molecular flexibility index (Phi) is 7.46. The Morgan fingerprint density at radius 2 is 1.86 bits per heavy atom. The van der Waals surface area contributed by atoms with Gasteiger partial charge in [0, 0.05) is 18.2 Å². The van der Waals surface area contributed by atoms with Crippen LogP contribution in [0.25, 0.3) is 0 Å². The first-order valence-corrected chi connectivity index (χ1v) is 10.6. The molecule has 28 heavy (non-hydrogen) atoms. The normalized spacial score (nSPS) is 16.7. The van der Waals surface area contributed by atoms with Crippen molar-refractivity contribution < 1.29 is 13.2 Å². The van der Waals surface area contributed by atoms with Gasteiger partial charge in [0.15, 0.2) is 0 Å². The number of piperidine rings is 1. The molecule has 1 aliphatic rings. The molecular weight excluding hydrogens is 398 g/mol. The van der Waals surface area contributed by atoms with Crippen LogP contribution in [-0.2, 0) is 10.0 Å². The molecule has 1 heterocycles. The van der Waals surface area contributed by atoms with E-state index in [0.717, 1.165) is 37.1 Å². The van der Waals surface area contributed by atoms with E-state index in [4.69, 9.17) is 0 Å². The van der Waals surface area contributed by atoms with E-state index < -0.39 is 10.0 Å². The predicted molar refractivity (Wildman–Crippen MR) is 114 cm³/mol. The second-order valence-corrected chi connectivity index (χ2v) is 8.60. The maximum Gasteiger partial charge on any atom is 0.261 e. The number of aryl methyl sites for hydroxylation is 2. The highest BCUT2D eigenvalue weighted by Gasteiger charge is 2.21. The number of anilines is 1. The number of rotatable bonds is 5. The molecule has 3 N–H and O–H groups in total. The van der Waals surface area contributed by atoms with Crippen LogP contribution in [0, 0.1) is 13.8 Å². The monoisotopic (exact) mass is 423 g/mol. The van der Waals surface area contributed by atoms with Crippen LogP contribution in [-0.4, -0.2) is 33.5 Å². The van der Waals surface area contributed by atoms with Gasteiger partial charge in [0.1, 0.15) is 0 Å². The average Bonchev–Trinajstić information content (AvgIpc) is 2.64. The topological polar surface area (TPSA) is 87.3 Å². The molecule has 152 valence electrons. The molecule has 1 saturated heterocycles. The van der Waals surface area contributed by atoms with Gasteiger partial charge < -0.3 is 10.6 Å². The summed E-state index contributed by atoms with van der Waals surface area (Å²) in [5, 5.41) is 6.25. The van der Waals surface area contributed by atoms with Crippen LogP contribution < -0.4 is 15.4 Å². The molecule has 8 heteroatoms. The lowest BCUT2D eigenvalue weighted by Gasteiger charge is -2.24. The van der Waals surface area contributed by atoms with Crippen LogP contribution in [0.2, 0.25) is 0 Å². The molecule has 0 saturated carbocycles. The minimum atomic E-state index is -3.78. The van der Waals surface area contributed by atoms with Crippen molar-refractivity contribution in [3.63, 3.8) is 0 Å². The van der Waals surface area contributed by atoms with Gasteiger partial charge in [0.2, 0.25) is 0 Å². The maximum atomic E-state index is 12.8. The average molecular weight is 424 g/mol. The minimum Gasteiger partial charge on any atom is -0.348 e. The molecule has 0 bridgehead atoms. The van der Waals surface area contributed by atoms with Gasteiger partial charge in [-0.25, -0.2) is 8.42 Å². The summed E-state index contributed by atoms with van der Waals surface area (Å²) in [4.78, 5) is 12.7. The summed E-state index contributed by atoms with van der Waals surface area (Å²) in [6.07, 6.45) is 1.93. The third-order valence-corrected chi connectivity index (χ3v) is 6.15. The molecule has 1 fully saturated rings. The lowest BCUT2D eigenvalue weighted by Crippen LogP contribution is -2.45. The van der Waals surface area contributed by atoms with Crippen LogP contribution in [0.1, 0.15) is 34.3 Å². The van der Waals surface area contributed by atoms with Crippen molar-refractivity contribution in [3.05, 3.63) is 59.2 Å². The molecule has 2 aromatic carbocycles. The fourth-order valence-corrected chi connectivity index (χ4v) is 4.30. The number of carbonyl (C=O) groups is 1. The highest BCUT2D eigenvalue weighted by Crippen LogP contribution is 2.21. The number of hydrogen-bond donors (Lipinski definition) is 3. The zero-order valence-electron chi connectivity index (χ0n) is 16.0. The number of amides is 1. The van der Waals surface area contributed by atoms with Crippen molar-refractivity contribution in [2.45, 2.75) is 37.6 Å². The fourth-order valence-electron chi connectivity index (χ4n) is 3.14. The Hall–Kier alpha value is -2.09. The van der Waals surface area contributed by atoms with E-state index in [1.54, 1.807) is 25.1 Å². The van der Waals surface area contributed by atoms with Gasteiger partial charge in [-0.3, -0.25) is 9.52 Å². The van der Waals surface area contributed by atoms with Gasteiger partial charge in [-0.05, 0) is 62.6 Å². The van der Waals surface area contributed by atoms with Crippen LogP contribution in [0.15, 0.2) is 47.4 Å².